The Morgan fingerprint density at radius 2 is 1.72 bits per heavy atom. The van der Waals surface area contributed by atoms with E-state index in [0.29, 0.717) is 47.5 Å². The number of carbonyl (C=O) groups excluding carboxylic acids is 1. The predicted octanol–water partition coefficient (Wildman–Crippen LogP) is 5.80. The number of phenols is 1. The summed E-state index contributed by atoms with van der Waals surface area (Å²) in [5.74, 6) is 0.381. The fourth-order valence-corrected chi connectivity index (χ4v) is 3.94. The number of aryl methyl sites for hydroxylation is 1. The average molecular weight is 488 g/mol. The quantitative estimate of drug-likeness (QED) is 0.299. The van der Waals surface area contributed by atoms with Crippen LogP contribution in [0, 0.1) is 6.92 Å². The van der Waals surface area contributed by atoms with Crippen LogP contribution < -0.4 is 10.2 Å². The fourth-order valence-electron chi connectivity index (χ4n) is 3.94. The first-order valence-electron chi connectivity index (χ1n) is 11.8. The molecule has 0 aliphatic heterocycles. The smallest absolute Gasteiger partial charge is 0.338 e. The van der Waals surface area contributed by atoms with Crippen molar-refractivity contribution >= 4 is 16.9 Å². The molecule has 0 aliphatic rings. The fraction of sp³-hybridized carbons (Fsp3) is 0.241. The summed E-state index contributed by atoms with van der Waals surface area (Å²) in [5, 5.41) is 10.9. The number of benzene rings is 3. The lowest BCUT2D eigenvalue weighted by Gasteiger charge is -2.19. The number of carbonyl (C=O) groups is 1. The van der Waals surface area contributed by atoms with E-state index in [1.165, 1.54) is 12.1 Å². The lowest BCUT2D eigenvalue weighted by atomic mass is 10.1. The van der Waals surface area contributed by atoms with Crippen molar-refractivity contribution in [3.8, 4) is 17.2 Å². The molecule has 36 heavy (non-hydrogen) atoms. The van der Waals surface area contributed by atoms with E-state index in [-0.39, 0.29) is 22.7 Å². The van der Waals surface area contributed by atoms with Crippen LogP contribution in [0.15, 0.2) is 75.9 Å². The molecule has 4 aromatic rings. The van der Waals surface area contributed by atoms with Gasteiger partial charge in [0.05, 0.1) is 23.1 Å². The van der Waals surface area contributed by atoms with Gasteiger partial charge in [0.2, 0.25) is 11.2 Å². The molecular weight excluding hydrogens is 458 g/mol. The van der Waals surface area contributed by atoms with Crippen LogP contribution >= 0.6 is 0 Å². The molecule has 0 saturated carbocycles. The van der Waals surface area contributed by atoms with Gasteiger partial charge in [-0.15, -0.1) is 0 Å². The minimum Gasteiger partial charge on any atom is -0.507 e. The van der Waals surface area contributed by atoms with Crippen LogP contribution in [-0.2, 0) is 17.8 Å². The second-order valence-electron chi connectivity index (χ2n) is 8.68. The molecule has 0 bridgehead atoms. The van der Waals surface area contributed by atoms with E-state index in [9.17, 15) is 14.7 Å². The molecule has 0 radical (unpaired) electrons. The standard InChI is InChI=1S/C29H29NO6/c1-4-16-34-29(33)21-10-12-22(13-11-21)36-27-19(2)35-28-23(26(27)32)14-15-25(31)24(28)18-30(3)17-20-8-6-5-7-9-20/h5-15,31H,4,16-18H2,1-3H3. The minimum absolute atomic E-state index is 0.0538. The molecule has 186 valence electrons. The molecule has 0 fully saturated rings. The van der Waals surface area contributed by atoms with Crippen LogP contribution in [0.5, 0.6) is 17.2 Å². The van der Waals surface area contributed by atoms with Gasteiger partial charge >= 0.3 is 5.97 Å². The van der Waals surface area contributed by atoms with E-state index in [2.05, 4.69) is 0 Å². The molecule has 7 nitrogen and oxygen atoms in total. The molecule has 0 unspecified atom stereocenters. The summed E-state index contributed by atoms with van der Waals surface area (Å²) in [4.78, 5) is 27.4. The molecule has 1 aromatic heterocycles. The van der Waals surface area contributed by atoms with Gasteiger partial charge < -0.3 is 19.0 Å². The van der Waals surface area contributed by atoms with Gasteiger partial charge in [0.25, 0.3) is 0 Å². The molecule has 7 heteroatoms. The molecule has 1 N–H and O–H groups in total. The predicted molar refractivity (Wildman–Crippen MR) is 138 cm³/mol. The zero-order valence-corrected chi connectivity index (χ0v) is 20.6. The maximum Gasteiger partial charge on any atom is 0.338 e. The summed E-state index contributed by atoms with van der Waals surface area (Å²) in [7, 11) is 1.94. The van der Waals surface area contributed by atoms with Crippen LogP contribution in [0.2, 0.25) is 0 Å². The highest BCUT2D eigenvalue weighted by Crippen LogP contribution is 2.32. The third-order valence-electron chi connectivity index (χ3n) is 5.73. The summed E-state index contributed by atoms with van der Waals surface area (Å²) in [5.41, 5.74) is 2.06. The van der Waals surface area contributed by atoms with E-state index < -0.39 is 5.97 Å². The van der Waals surface area contributed by atoms with E-state index >= 15 is 0 Å². The third-order valence-corrected chi connectivity index (χ3v) is 5.73. The highest BCUT2D eigenvalue weighted by molar-refractivity contribution is 5.89. The maximum absolute atomic E-state index is 13.3. The number of rotatable bonds is 9. The van der Waals surface area contributed by atoms with Crippen molar-refractivity contribution in [1.82, 2.24) is 4.90 Å². The van der Waals surface area contributed by atoms with Crippen LogP contribution in [0.1, 0.15) is 40.6 Å². The molecular formula is C29H29NO6. The van der Waals surface area contributed by atoms with Gasteiger partial charge in [-0.05, 0) is 62.4 Å². The van der Waals surface area contributed by atoms with Crippen molar-refractivity contribution in [2.45, 2.75) is 33.4 Å². The van der Waals surface area contributed by atoms with Gasteiger partial charge in [-0.25, -0.2) is 4.79 Å². The minimum atomic E-state index is -0.408. The van der Waals surface area contributed by atoms with Gasteiger partial charge in [0, 0.05) is 13.1 Å². The zero-order chi connectivity index (χ0) is 25.7. The summed E-state index contributed by atoms with van der Waals surface area (Å²) in [6.07, 6.45) is 0.743. The Morgan fingerprint density at radius 1 is 1.00 bits per heavy atom. The summed E-state index contributed by atoms with van der Waals surface area (Å²) < 4.78 is 17.0. The second-order valence-corrected chi connectivity index (χ2v) is 8.68. The monoisotopic (exact) mass is 487 g/mol. The molecule has 0 atom stereocenters. The number of ether oxygens (including phenoxy) is 2. The van der Waals surface area contributed by atoms with Crippen molar-refractivity contribution in [3.05, 3.63) is 99.4 Å². The van der Waals surface area contributed by atoms with Crippen molar-refractivity contribution < 1.29 is 23.8 Å². The number of fused-ring (bicyclic) bond motifs is 1. The first-order valence-corrected chi connectivity index (χ1v) is 11.8. The average Bonchev–Trinajstić information content (AvgIpc) is 2.88. The van der Waals surface area contributed by atoms with E-state index in [0.717, 1.165) is 12.0 Å². The summed E-state index contributed by atoms with van der Waals surface area (Å²) in [6, 6.07) is 19.4. The Labute approximate surface area is 209 Å². The van der Waals surface area contributed by atoms with E-state index in [4.69, 9.17) is 13.9 Å². The lowest BCUT2D eigenvalue weighted by molar-refractivity contribution is 0.0505. The van der Waals surface area contributed by atoms with Crippen LogP contribution in [-0.4, -0.2) is 29.6 Å². The summed E-state index contributed by atoms with van der Waals surface area (Å²) >= 11 is 0. The van der Waals surface area contributed by atoms with Crippen molar-refractivity contribution in [2.75, 3.05) is 13.7 Å². The van der Waals surface area contributed by atoms with Crippen LogP contribution in [0.3, 0.4) is 0 Å². The molecule has 3 aromatic carbocycles. The summed E-state index contributed by atoms with van der Waals surface area (Å²) in [6.45, 7) is 4.98. The number of hydrogen-bond donors (Lipinski definition) is 1. The highest BCUT2D eigenvalue weighted by Gasteiger charge is 2.19. The second kappa shape index (κ2) is 11.1. The maximum atomic E-state index is 13.3. The highest BCUT2D eigenvalue weighted by atomic mass is 16.5. The molecule has 4 rings (SSSR count). The van der Waals surface area contributed by atoms with Gasteiger partial charge in [0.15, 0.2) is 0 Å². The van der Waals surface area contributed by atoms with E-state index in [1.54, 1.807) is 31.2 Å². The Kier molecular flexibility index (Phi) is 7.71. The topological polar surface area (TPSA) is 89.2 Å². The van der Waals surface area contributed by atoms with Crippen LogP contribution in [0.4, 0.5) is 0 Å². The third kappa shape index (κ3) is 5.58. The number of aromatic hydroxyl groups is 1. The Morgan fingerprint density at radius 3 is 2.42 bits per heavy atom. The van der Waals surface area contributed by atoms with Gasteiger partial charge in [0.1, 0.15) is 22.8 Å². The molecule has 0 spiro atoms. The van der Waals surface area contributed by atoms with Crippen LogP contribution in [0.25, 0.3) is 11.0 Å². The number of phenolic OH excluding ortho intramolecular Hbond substituents is 1. The SMILES string of the molecule is CCCOC(=O)c1ccc(Oc2c(C)oc3c(CN(C)Cc4ccccc4)c(O)ccc3c2=O)cc1. The van der Waals surface area contributed by atoms with Crippen molar-refractivity contribution in [3.63, 3.8) is 0 Å². The van der Waals surface area contributed by atoms with Gasteiger partial charge in [-0.2, -0.15) is 0 Å². The van der Waals surface area contributed by atoms with Crippen molar-refractivity contribution in [2.24, 2.45) is 0 Å². The number of esters is 1. The van der Waals surface area contributed by atoms with Gasteiger partial charge in [-0.3, -0.25) is 9.69 Å². The molecule has 0 saturated heterocycles. The lowest BCUT2D eigenvalue weighted by Crippen LogP contribution is -2.18. The Bertz CT molecular complexity index is 1410. The van der Waals surface area contributed by atoms with Crippen molar-refractivity contribution in [1.29, 1.82) is 0 Å². The van der Waals surface area contributed by atoms with E-state index in [1.807, 2.05) is 49.2 Å². The Balaban J connectivity index is 1.60. The zero-order valence-electron chi connectivity index (χ0n) is 20.6. The number of nitrogens with zero attached hydrogens (tertiary/aromatic N) is 1. The molecule has 0 amide bonds. The van der Waals surface area contributed by atoms with Gasteiger partial charge in [-0.1, -0.05) is 37.3 Å². The molecule has 0 aliphatic carbocycles. The first kappa shape index (κ1) is 25.0. The Hall–Kier alpha value is -4.10. The molecule has 1 heterocycles. The number of hydrogen-bond acceptors (Lipinski definition) is 7. The largest absolute Gasteiger partial charge is 0.507 e. The first-order chi connectivity index (χ1) is 17.4. The normalized spacial score (nSPS) is 11.1.